The molecule has 1 aliphatic rings. The second-order valence-corrected chi connectivity index (χ2v) is 9.48. The summed E-state index contributed by atoms with van der Waals surface area (Å²) in [5.41, 5.74) is 1.11. The van der Waals surface area contributed by atoms with E-state index in [0.29, 0.717) is 30.2 Å². The highest BCUT2D eigenvalue weighted by atomic mass is 32.2. The van der Waals surface area contributed by atoms with E-state index in [2.05, 4.69) is 10.1 Å². The predicted octanol–water partition coefficient (Wildman–Crippen LogP) is 2.80. The molecule has 168 valence electrons. The summed E-state index contributed by atoms with van der Waals surface area (Å²) in [6, 6.07) is 13.3. The van der Waals surface area contributed by atoms with Crippen LogP contribution < -0.4 is 4.74 Å². The Kier molecular flexibility index (Phi) is 6.24. The van der Waals surface area contributed by atoms with Crippen molar-refractivity contribution in [3.63, 3.8) is 0 Å². The van der Waals surface area contributed by atoms with Gasteiger partial charge < -0.3 is 14.2 Å². The van der Waals surface area contributed by atoms with Crippen molar-refractivity contribution in [2.75, 3.05) is 27.2 Å². The molecule has 0 unspecified atom stereocenters. The highest BCUT2D eigenvalue weighted by Crippen LogP contribution is 2.23. The maximum atomic E-state index is 12.8. The molecule has 2 aromatic carbocycles. The maximum absolute atomic E-state index is 12.8. The predicted molar refractivity (Wildman–Crippen MR) is 117 cm³/mol. The lowest BCUT2D eigenvalue weighted by molar-refractivity contribution is 0.0769. The first-order chi connectivity index (χ1) is 15.4. The quantitative estimate of drug-likeness (QED) is 0.538. The van der Waals surface area contributed by atoms with Crippen LogP contribution in [-0.4, -0.2) is 60.9 Å². The van der Waals surface area contributed by atoms with Crippen LogP contribution in [0.25, 0.3) is 11.4 Å². The summed E-state index contributed by atoms with van der Waals surface area (Å²) >= 11 is 0. The molecule has 10 heteroatoms. The lowest BCUT2D eigenvalue weighted by Gasteiger charge is -2.17. The van der Waals surface area contributed by atoms with Crippen molar-refractivity contribution in [1.29, 1.82) is 0 Å². The summed E-state index contributed by atoms with van der Waals surface area (Å²) in [4.78, 5) is 18.8. The largest absolute Gasteiger partial charge is 0.497 e. The van der Waals surface area contributed by atoms with Crippen molar-refractivity contribution in [2.45, 2.75) is 24.3 Å². The number of sulfonamides is 1. The third kappa shape index (κ3) is 4.51. The number of benzene rings is 2. The highest BCUT2D eigenvalue weighted by molar-refractivity contribution is 7.89. The van der Waals surface area contributed by atoms with Gasteiger partial charge >= 0.3 is 0 Å². The second kappa shape index (κ2) is 9.09. The van der Waals surface area contributed by atoms with Gasteiger partial charge in [-0.25, -0.2) is 8.42 Å². The molecular formula is C22H24N4O5S. The van der Waals surface area contributed by atoms with Crippen molar-refractivity contribution in [3.8, 4) is 17.1 Å². The van der Waals surface area contributed by atoms with Crippen LogP contribution in [0.15, 0.2) is 57.9 Å². The summed E-state index contributed by atoms with van der Waals surface area (Å²) < 4.78 is 37.3. The van der Waals surface area contributed by atoms with Crippen molar-refractivity contribution < 1.29 is 22.5 Å². The topological polar surface area (TPSA) is 106 Å². The standard InChI is InChI=1S/C22H24N4O5S/c1-25(15-20-23-21(24-31-20)17-6-5-7-18(14-17)30-2)22(27)16-8-10-19(11-9-16)32(28,29)26-12-3-4-13-26/h5-11,14H,3-4,12-13,15H2,1-2H3. The summed E-state index contributed by atoms with van der Waals surface area (Å²) in [7, 11) is -0.316. The van der Waals surface area contributed by atoms with Gasteiger partial charge in [-0.05, 0) is 49.2 Å². The number of hydrogen-bond donors (Lipinski definition) is 0. The Balaban J connectivity index is 1.43. The lowest BCUT2D eigenvalue weighted by Crippen LogP contribution is -2.28. The lowest BCUT2D eigenvalue weighted by atomic mass is 10.2. The Morgan fingerprint density at radius 2 is 1.88 bits per heavy atom. The molecule has 1 fully saturated rings. The first-order valence-electron chi connectivity index (χ1n) is 10.2. The van der Waals surface area contributed by atoms with Crippen molar-refractivity contribution in [2.24, 2.45) is 0 Å². The number of amides is 1. The number of methoxy groups -OCH3 is 1. The Morgan fingerprint density at radius 3 is 2.56 bits per heavy atom. The Bertz CT molecular complexity index is 1200. The fraction of sp³-hybridized carbons (Fsp3) is 0.318. The average molecular weight is 457 g/mol. The number of hydrogen-bond acceptors (Lipinski definition) is 7. The van der Waals surface area contributed by atoms with Gasteiger partial charge in [0.25, 0.3) is 5.91 Å². The molecule has 4 rings (SSSR count). The van der Waals surface area contributed by atoms with Gasteiger partial charge in [-0.2, -0.15) is 9.29 Å². The zero-order chi connectivity index (χ0) is 22.7. The Labute approximate surface area is 186 Å². The number of ether oxygens (including phenoxy) is 1. The minimum Gasteiger partial charge on any atom is -0.497 e. The summed E-state index contributed by atoms with van der Waals surface area (Å²) in [5, 5.41) is 3.97. The molecule has 0 spiro atoms. The van der Waals surface area contributed by atoms with E-state index in [1.165, 1.54) is 33.5 Å². The molecule has 1 amide bonds. The zero-order valence-electron chi connectivity index (χ0n) is 17.9. The molecule has 1 aromatic heterocycles. The van der Waals surface area contributed by atoms with Crippen LogP contribution in [0.5, 0.6) is 5.75 Å². The zero-order valence-corrected chi connectivity index (χ0v) is 18.7. The van der Waals surface area contributed by atoms with Crippen LogP contribution >= 0.6 is 0 Å². The van der Waals surface area contributed by atoms with Crippen LogP contribution in [0.4, 0.5) is 0 Å². The number of carbonyl (C=O) groups excluding carboxylic acids is 1. The van der Waals surface area contributed by atoms with Gasteiger partial charge in [0.05, 0.1) is 18.6 Å². The third-order valence-electron chi connectivity index (χ3n) is 5.32. The molecule has 1 aliphatic heterocycles. The van der Waals surface area contributed by atoms with Crippen molar-refractivity contribution >= 4 is 15.9 Å². The van der Waals surface area contributed by atoms with Crippen LogP contribution in [-0.2, 0) is 16.6 Å². The number of carbonyl (C=O) groups is 1. The van der Waals surface area contributed by atoms with Crippen molar-refractivity contribution in [3.05, 3.63) is 60.0 Å². The molecule has 2 heterocycles. The molecule has 9 nitrogen and oxygen atoms in total. The van der Waals surface area contributed by atoms with Crippen LogP contribution in [0.2, 0.25) is 0 Å². The minimum atomic E-state index is -3.51. The van der Waals surface area contributed by atoms with E-state index in [4.69, 9.17) is 9.26 Å². The highest BCUT2D eigenvalue weighted by Gasteiger charge is 2.27. The fourth-order valence-electron chi connectivity index (χ4n) is 3.54. The summed E-state index contributed by atoms with van der Waals surface area (Å²) in [5.74, 6) is 1.08. The van der Waals surface area contributed by atoms with Gasteiger partial charge in [0.15, 0.2) is 0 Å². The van der Waals surface area contributed by atoms with E-state index in [9.17, 15) is 13.2 Å². The van der Waals surface area contributed by atoms with Crippen molar-refractivity contribution in [1.82, 2.24) is 19.3 Å². The van der Waals surface area contributed by atoms with Crippen LogP contribution in [0, 0.1) is 0 Å². The van der Waals surface area contributed by atoms with Gasteiger partial charge in [0, 0.05) is 31.3 Å². The first kappa shape index (κ1) is 22.0. The molecule has 0 N–H and O–H groups in total. The number of nitrogens with zero attached hydrogens (tertiary/aromatic N) is 4. The molecule has 1 saturated heterocycles. The summed E-state index contributed by atoms with van der Waals surface area (Å²) in [6.07, 6.45) is 1.74. The molecule has 0 radical (unpaired) electrons. The van der Waals surface area contributed by atoms with E-state index < -0.39 is 10.0 Å². The van der Waals surface area contributed by atoms with E-state index in [1.54, 1.807) is 20.2 Å². The molecule has 32 heavy (non-hydrogen) atoms. The third-order valence-corrected chi connectivity index (χ3v) is 7.23. The van der Waals surface area contributed by atoms with Crippen LogP contribution in [0.3, 0.4) is 0 Å². The van der Waals surface area contributed by atoms with Gasteiger partial charge in [-0.15, -0.1) is 0 Å². The fourth-order valence-corrected chi connectivity index (χ4v) is 5.06. The number of rotatable bonds is 7. The monoisotopic (exact) mass is 456 g/mol. The molecular weight excluding hydrogens is 432 g/mol. The molecule has 0 atom stereocenters. The maximum Gasteiger partial charge on any atom is 0.254 e. The molecule has 0 bridgehead atoms. The van der Waals surface area contributed by atoms with Crippen LogP contribution in [0.1, 0.15) is 29.1 Å². The molecule has 0 saturated carbocycles. The average Bonchev–Trinajstić information content (AvgIpc) is 3.51. The van der Waals surface area contributed by atoms with E-state index in [-0.39, 0.29) is 23.2 Å². The first-order valence-corrected chi connectivity index (χ1v) is 11.6. The summed E-state index contributed by atoms with van der Waals surface area (Å²) in [6.45, 7) is 1.19. The van der Waals surface area contributed by atoms with E-state index in [0.717, 1.165) is 18.4 Å². The number of aromatic nitrogens is 2. The van der Waals surface area contributed by atoms with Gasteiger partial charge in [0.2, 0.25) is 21.7 Å². The normalized spacial score (nSPS) is 14.4. The Morgan fingerprint density at radius 1 is 1.16 bits per heavy atom. The second-order valence-electron chi connectivity index (χ2n) is 7.54. The van der Waals surface area contributed by atoms with Gasteiger partial charge in [0.1, 0.15) is 5.75 Å². The minimum absolute atomic E-state index is 0.115. The SMILES string of the molecule is COc1cccc(-c2noc(CN(C)C(=O)c3ccc(S(=O)(=O)N4CCCC4)cc3)n2)c1. The smallest absolute Gasteiger partial charge is 0.254 e. The van der Waals surface area contributed by atoms with E-state index >= 15 is 0 Å². The molecule has 3 aromatic rings. The van der Waals surface area contributed by atoms with Gasteiger partial charge in [-0.3, -0.25) is 4.79 Å². The Hall–Kier alpha value is -3.24. The van der Waals surface area contributed by atoms with Gasteiger partial charge in [-0.1, -0.05) is 17.3 Å². The molecule has 0 aliphatic carbocycles. The van der Waals surface area contributed by atoms with E-state index in [1.807, 2.05) is 18.2 Å².